The number of allylic oxidation sites excluding steroid dienone is 2. The third-order valence-corrected chi connectivity index (χ3v) is 7.78. The number of ketones is 1. The molecule has 4 atom stereocenters. The first kappa shape index (κ1) is 28.7. The van der Waals surface area contributed by atoms with Crippen molar-refractivity contribution in [3.63, 3.8) is 0 Å². The van der Waals surface area contributed by atoms with Gasteiger partial charge in [0.05, 0.1) is 17.4 Å². The zero-order valence-electron chi connectivity index (χ0n) is 23.4. The van der Waals surface area contributed by atoms with Crippen LogP contribution >= 0.6 is 0 Å². The molecule has 1 fully saturated rings. The highest BCUT2D eigenvalue weighted by Crippen LogP contribution is 2.39. The van der Waals surface area contributed by atoms with Crippen molar-refractivity contribution in [3.05, 3.63) is 113 Å². The number of ether oxygens (including phenoxy) is 2. The van der Waals surface area contributed by atoms with Gasteiger partial charge in [-0.2, -0.15) is 0 Å². The maximum absolute atomic E-state index is 13.4. The lowest BCUT2D eigenvalue weighted by Crippen LogP contribution is -2.48. The predicted octanol–water partition coefficient (Wildman–Crippen LogP) is 4.75. The Kier molecular flexibility index (Phi) is 8.43. The summed E-state index contributed by atoms with van der Waals surface area (Å²) in [6.45, 7) is 3.23. The lowest BCUT2D eigenvalue weighted by atomic mass is 9.78. The highest BCUT2D eigenvalue weighted by molar-refractivity contribution is 6.08. The number of esters is 2. The summed E-state index contributed by atoms with van der Waals surface area (Å²) in [6.07, 6.45) is 4.35. The molecule has 0 saturated carbocycles. The maximum atomic E-state index is 13.4. The fourth-order valence-corrected chi connectivity index (χ4v) is 5.48. The standard InChI is InChI=1S/C34H31NO7/c1-21-11-13-25(14-12-21)33(39)42-26-17-15-24(16-18-26)29(36)20-41-34(40)28(19-23-8-4-3-5-9-23)35-31(37)27-10-6-7-22(2)30(27)32(35)38/h3-9,11-18,22,27-28,30H,10,19-20H2,1-2H3. The average Bonchev–Trinajstić information content (AvgIpc) is 3.25. The van der Waals surface area contributed by atoms with Crippen LogP contribution in [0.4, 0.5) is 0 Å². The second kappa shape index (κ2) is 12.3. The number of fused-ring (bicyclic) bond motifs is 1. The number of hydrogen-bond donors (Lipinski definition) is 0. The van der Waals surface area contributed by atoms with Crippen LogP contribution in [0.5, 0.6) is 5.75 Å². The molecule has 1 aliphatic carbocycles. The Morgan fingerprint density at radius 3 is 2.21 bits per heavy atom. The van der Waals surface area contributed by atoms with Gasteiger partial charge in [-0.05, 0) is 61.2 Å². The van der Waals surface area contributed by atoms with E-state index in [1.165, 1.54) is 24.3 Å². The minimum absolute atomic E-state index is 0.0770. The second-order valence-corrected chi connectivity index (χ2v) is 10.7. The number of carbonyl (C=O) groups excluding carboxylic acids is 5. The zero-order valence-corrected chi connectivity index (χ0v) is 23.4. The van der Waals surface area contributed by atoms with Gasteiger partial charge in [0.1, 0.15) is 11.8 Å². The molecule has 0 radical (unpaired) electrons. The fourth-order valence-electron chi connectivity index (χ4n) is 5.48. The Hall–Kier alpha value is -4.85. The van der Waals surface area contributed by atoms with Gasteiger partial charge in [-0.1, -0.05) is 67.1 Å². The van der Waals surface area contributed by atoms with Crippen molar-refractivity contribution in [3.8, 4) is 5.75 Å². The van der Waals surface area contributed by atoms with Crippen LogP contribution in [0.3, 0.4) is 0 Å². The summed E-state index contributed by atoms with van der Waals surface area (Å²) in [5.74, 6) is -3.50. The normalized spacial score (nSPS) is 20.1. The van der Waals surface area contributed by atoms with Gasteiger partial charge in [0.15, 0.2) is 12.4 Å². The van der Waals surface area contributed by atoms with Crippen LogP contribution in [0, 0.1) is 24.7 Å². The topological polar surface area (TPSA) is 107 Å². The van der Waals surface area contributed by atoms with Crippen molar-refractivity contribution in [1.29, 1.82) is 0 Å². The zero-order chi connectivity index (χ0) is 29.8. The number of nitrogens with zero attached hydrogens (tertiary/aromatic N) is 1. The van der Waals surface area contributed by atoms with Crippen molar-refractivity contribution in [2.24, 2.45) is 17.8 Å². The number of hydrogen-bond acceptors (Lipinski definition) is 7. The number of aryl methyl sites for hydroxylation is 1. The van der Waals surface area contributed by atoms with E-state index in [1.807, 2.05) is 56.3 Å². The van der Waals surface area contributed by atoms with Gasteiger partial charge in [-0.25, -0.2) is 9.59 Å². The summed E-state index contributed by atoms with van der Waals surface area (Å²) < 4.78 is 10.8. The van der Waals surface area contributed by atoms with Crippen molar-refractivity contribution >= 4 is 29.5 Å². The lowest BCUT2D eigenvalue weighted by Gasteiger charge is -2.25. The Labute approximate surface area is 243 Å². The van der Waals surface area contributed by atoms with Gasteiger partial charge in [0, 0.05) is 12.0 Å². The Balaban J connectivity index is 1.25. The SMILES string of the molecule is Cc1ccc(C(=O)Oc2ccc(C(=O)COC(=O)C(Cc3ccccc3)N3C(=O)C4CC=CC(C)C4C3=O)cc2)cc1. The van der Waals surface area contributed by atoms with Gasteiger partial charge in [0.25, 0.3) is 0 Å². The average molecular weight is 566 g/mol. The van der Waals surface area contributed by atoms with E-state index in [4.69, 9.17) is 9.47 Å². The van der Waals surface area contributed by atoms with Crippen LogP contribution in [-0.2, 0) is 25.5 Å². The van der Waals surface area contributed by atoms with E-state index in [2.05, 4.69) is 0 Å². The number of likely N-dealkylation sites (tertiary alicyclic amines) is 1. The molecule has 3 aromatic rings. The Morgan fingerprint density at radius 1 is 0.881 bits per heavy atom. The Morgan fingerprint density at radius 2 is 1.55 bits per heavy atom. The summed E-state index contributed by atoms with van der Waals surface area (Å²) in [6, 6.07) is 20.7. The van der Waals surface area contributed by atoms with E-state index in [0.717, 1.165) is 16.0 Å². The van der Waals surface area contributed by atoms with Gasteiger partial charge in [-0.3, -0.25) is 19.3 Å². The largest absolute Gasteiger partial charge is 0.456 e. The van der Waals surface area contributed by atoms with Gasteiger partial charge < -0.3 is 9.47 Å². The molecule has 1 heterocycles. The first-order valence-electron chi connectivity index (χ1n) is 13.9. The van der Waals surface area contributed by atoms with E-state index in [0.29, 0.717) is 12.0 Å². The number of amides is 2. The molecule has 2 aliphatic rings. The molecule has 1 aliphatic heterocycles. The fraction of sp³-hybridized carbons (Fsp3) is 0.265. The van der Waals surface area contributed by atoms with Gasteiger partial charge >= 0.3 is 11.9 Å². The van der Waals surface area contributed by atoms with Crippen molar-refractivity contribution in [1.82, 2.24) is 4.90 Å². The quantitative estimate of drug-likeness (QED) is 0.121. The lowest BCUT2D eigenvalue weighted by molar-refractivity contribution is -0.158. The first-order valence-corrected chi connectivity index (χ1v) is 13.9. The van der Waals surface area contributed by atoms with E-state index in [-0.39, 0.29) is 35.5 Å². The molecule has 8 nitrogen and oxygen atoms in total. The Bertz CT molecular complexity index is 1530. The highest BCUT2D eigenvalue weighted by Gasteiger charge is 2.53. The van der Waals surface area contributed by atoms with Gasteiger partial charge in [-0.15, -0.1) is 0 Å². The van der Waals surface area contributed by atoms with E-state index in [1.54, 1.807) is 24.3 Å². The molecule has 0 N–H and O–H groups in total. The number of rotatable bonds is 9. The summed E-state index contributed by atoms with van der Waals surface area (Å²) in [5.41, 5.74) is 2.42. The van der Waals surface area contributed by atoms with E-state index < -0.39 is 42.2 Å². The molecule has 0 bridgehead atoms. The smallest absolute Gasteiger partial charge is 0.343 e. The summed E-state index contributed by atoms with van der Waals surface area (Å²) >= 11 is 0. The van der Waals surface area contributed by atoms with Crippen LogP contribution in [0.15, 0.2) is 91.0 Å². The molecule has 1 saturated heterocycles. The summed E-state index contributed by atoms with van der Waals surface area (Å²) in [5, 5.41) is 0. The predicted molar refractivity (Wildman–Crippen MR) is 154 cm³/mol. The van der Waals surface area contributed by atoms with Crippen LogP contribution in [0.2, 0.25) is 0 Å². The number of benzene rings is 3. The molecule has 5 rings (SSSR count). The minimum atomic E-state index is -1.19. The molecule has 0 spiro atoms. The molecule has 3 aromatic carbocycles. The molecule has 2 amide bonds. The summed E-state index contributed by atoms with van der Waals surface area (Å²) in [4.78, 5) is 66.5. The van der Waals surface area contributed by atoms with Crippen LogP contribution in [-0.4, -0.2) is 47.1 Å². The molecule has 0 aromatic heterocycles. The molecule has 42 heavy (non-hydrogen) atoms. The molecular formula is C34H31NO7. The maximum Gasteiger partial charge on any atom is 0.343 e. The van der Waals surface area contributed by atoms with E-state index in [9.17, 15) is 24.0 Å². The highest BCUT2D eigenvalue weighted by atomic mass is 16.5. The second-order valence-electron chi connectivity index (χ2n) is 10.7. The third kappa shape index (κ3) is 6.07. The molecule has 4 unspecified atom stereocenters. The van der Waals surface area contributed by atoms with Crippen molar-refractivity contribution < 1.29 is 33.4 Å². The number of Topliss-reactive ketones (excluding diaryl/α,β-unsaturated/α-hetero) is 1. The van der Waals surface area contributed by atoms with Gasteiger partial charge in [0.2, 0.25) is 11.8 Å². The minimum Gasteiger partial charge on any atom is -0.456 e. The van der Waals surface area contributed by atoms with Crippen LogP contribution in [0.1, 0.15) is 45.2 Å². The van der Waals surface area contributed by atoms with Crippen molar-refractivity contribution in [2.45, 2.75) is 32.7 Å². The molecule has 8 heteroatoms. The third-order valence-electron chi connectivity index (χ3n) is 7.78. The summed E-state index contributed by atoms with van der Waals surface area (Å²) in [7, 11) is 0. The van der Waals surface area contributed by atoms with Crippen LogP contribution in [0.25, 0.3) is 0 Å². The van der Waals surface area contributed by atoms with Crippen molar-refractivity contribution in [2.75, 3.05) is 6.61 Å². The van der Waals surface area contributed by atoms with Crippen LogP contribution < -0.4 is 4.74 Å². The number of carbonyl (C=O) groups is 5. The monoisotopic (exact) mass is 565 g/mol. The van der Waals surface area contributed by atoms with E-state index >= 15 is 0 Å². The molecule has 214 valence electrons. The molecular weight excluding hydrogens is 534 g/mol. The first-order chi connectivity index (χ1) is 20.2. The number of imide groups is 1.